The van der Waals surface area contributed by atoms with E-state index in [4.69, 9.17) is 5.73 Å². The first-order chi connectivity index (χ1) is 14.2. The maximum absolute atomic E-state index is 12.4. The normalized spacial score (nSPS) is 13.2. The lowest BCUT2D eigenvalue weighted by Gasteiger charge is -2.13. The lowest BCUT2D eigenvalue weighted by Crippen LogP contribution is -2.32. The molecule has 0 unspecified atom stereocenters. The van der Waals surface area contributed by atoms with Crippen molar-refractivity contribution in [3.8, 4) is 0 Å². The lowest BCUT2D eigenvalue weighted by molar-refractivity contribution is 0.0931. The first-order valence-electron chi connectivity index (χ1n) is 9.28. The van der Waals surface area contributed by atoms with Gasteiger partial charge in [-0.05, 0) is 37.1 Å². The van der Waals surface area contributed by atoms with E-state index in [1.165, 1.54) is 26.4 Å². The van der Waals surface area contributed by atoms with Crippen LogP contribution in [0, 0.1) is 0 Å². The summed E-state index contributed by atoms with van der Waals surface area (Å²) in [5, 5.41) is 2.88. The smallest absolute Gasteiger partial charge is 0.287 e. The van der Waals surface area contributed by atoms with Gasteiger partial charge >= 0.3 is 0 Å². The van der Waals surface area contributed by atoms with Gasteiger partial charge < -0.3 is 16.0 Å². The van der Waals surface area contributed by atoms with Gasteiger partial charge in [-0.2, -0.15) is 0 Å². The van der Waals surface area contributed by atoms with Crippen LogP contribution in [0.4, 0.5) is 5.82 Å². The van der Waals surface area contributed by atoms with Gasteiger partial charge in [0.15, 0.2) is 5.82 Å². The summed E-state index contributed by atoms with van der Waals surface area (Å²) in [6.07, 6.45) is 5.61. The summed E-state index contributed by atoms with van der Waals surface area (Å²) >= 11 is 0. The van der Waals surface area contributed by atoms with Crippen LogP contribution >= 0.6 is 0 Å². The highest BCUT2D eigenvalue weighted by Gasteiger charge is 2.21. The van der Waals surface area contributed by atoms with Crippen molar-refractivity contribution in [3.05, 3.63) is 54.0 Å². The van der Waals surface area contributed by atoms with Gasteiger partial charge in [0, 0.05) is 26.3 Å². The van der Waals surface area contributed by atoms with Crippen molar-refractivity contribution in [1.82, 2.24) is 24.6 Å². The number of nitrogens with zero attached hydrogens (tertiary/aromatic N) is 3. The second-order valence-electron chi connectivity index (χ2n) is 7.05. The van der Waals surface area contributed by atoms with Crippen LogP contribution in [0.1, 0.15) is 29.5 Å². The van der Waals surface area contributed by atoms with Gasteiger partial charge in [0.2, 0.25) is 10.0 Å². The average Bonchev–Trinajstić information content (AvgIpc) is 3.13. The third kappa shape index (κ3) is 4.66. The van der Waals surface area contributed by atoms with Crippen molar-refractivity contribution in [2.45, 2.75) is 24.3 Å². The number of H-pyrrole nitrogens is 1. The Hall–Kier alpha value is -3.24. The monoisotopic (exact) mass is 428 g/mol. The molecule has 0 spiro atoms. The molecule has 0 saturated carbocycles. The molecular formula is C20H24N6O3S. The molecule has 4 N–H and O–H groups in total. The van der Waals surface area contributed by atoms with E-state index in [9.17, 15) is 13.2 Å². The second-order valence-corrected chi connectivity index (χ2v) is 9.17. The Kier molecular flexibility index (Phi) is 6.18. The Balaban J connectivity index is 1.64. The van der Waals surface area contributed by atoms with Crippen molar-refractivity contribution in [2.24, 2.45) is 0 Å². The van der Waals surface area contributed by atoms with E-state index in [1.54, 1.807) is 6.08 Å². The molecule has 0 aliphatic carbocycles. The molecule has 1 atom stereocenters. The zero-order valence-electron chi connectivity index (χ0n) is 17.0. The molecule has 158 valence electrons. The summed E-state index contributed by atoms with van der Waals surface area (Å²) in [5.41, 5.74) is 7.86. The molecule has 0 bridgehead atoms. The van der Waals surface area contributed by atoms with Crippen LogP contribution in [0.5, 0.6) is 0 Å². The number of aromatic nitrogens is 3. The number of benzene rings is 1. The zero-order chi connectivity index (χ0) is 21.9. The number of pyridine rings is 1. The number of anilines is 1. The largest absolute Gasteiger partial charge is 0.383 e. The topological polar surface area (TPSA) is 134 Å². The third-order valence-corrected chi connectivity index (χ3v) is 6.29. The Morgan fingerprint density at radius 1 is 1.33 bits per heavy atom. The third-order valence-electron chi connectivity index (χ3n) is 4.44. The van der Waals surface area contributed by atoms with Crippen molar-refractivity contribution in [3.63, 3.8) is 0 Å². The fraction of sp³-hybridized carbons (Fsp3) is 0.250. The molecule has 3 rings (SSSR count). The molecule has 2 heterocycles. The van der Waals surface area contributed by atoms with E-state index in [0.717, 1.165) is 15.3 Å². The van der Waals surface area contributed by atoms with E-state index in [-0.39, 0.29) is 28.5 Å². The number of rotatable bonds is 7. The number of hydrogen-bond acceptors (Lipinski definition) is 6. The number of nitrogens with one attached hydrogen (secondary N) is 2. The van der Waals surface area contributed by atoms with E-state index in [1.807, 2.05) is 37.3 Å². The fourth-order valence-corrected chi connectivity index (χ4v) is 3.78. The molecule has 0 saturated heterocycles. The molecule has 0 radical (unpaired) electrons. The predicted octanol–water partition coefficient (Wildman–Crippen LogP) is 2.01. The summed E-state index contributed by atoms with van der Waals surface area (Å²) in [4.78, 5) is 23.6. The highest BCUT2D eigenvalue weighted by molar-refractivity contribution is 7.89. The van der Waals surface area contributed by atoms with Gasteiger partial charge in [-0.1, -0.05) is 24.3 Å². The maximum Gasteiger partial charge on any atom is 0.287 e. The molecule has 3 aromatic rings. The number of sulfonamides is 1. The molecule has 0 aliphatic heterocycles. The minimum atomic E-state index is -3.68. The maximum atomic E-state index is 12.4. The molecule has 1 amide bonds. The molecule has 9 nitrogen and oxygen atoms in total. The summed E-state index contributed by atoms with van der Waals surface area (Å²) in [5.74, 6) is -0.0822. The number of nitrogens with two attached hydrogens (primary N) is 1. The molecule has 10 heteroatoms. The first kappa shape index (κ1) is 21.5. The minimum absolute atomic E-state index is 0.0408. The van der Waals surface area contributed by atoms with Gasteiger partial charge in [-0.3, -0.25) is 4.79 Å². The van der Waals surface area contributed by atoms with Crippen LogP contribution in [0.15, 0.2) is 47.5 Å². The van der Waals surface area contributed by atoms with Gasteiger partial charge in [0.1, 0.15) is 10.7 Å². The Labute approximate surface area is 175 Å². The van der Waals surface area contributed by atoms with Gasteiger partial charge in [-0.15, -0.1) is 0 Å². The Morgan fingerprint density at radius 3 is 2.77 bits per heavy atom. The highest BCUT2D eigenvalue weighted by Crippen LogP contribution is 2.21. The van der Waals surface area contributed by atoms with E-state index >= 15 is 0 Å². The van der Waals surface area contributed by atoms with E-state index in [0.29, 0.717) is 12.0 Å². The highest BCUT2D eigenvalue weighted by atomic mass is 32.2. The van der Waals surface area contributed by atoms with Gasteiger partial charge in [0.05, 0.1) is 11.0 Å². The minimum Gasteiger partial charge on any atom is -0.383 e. The van der Waals surface area contributed by atoms with Crippen molar-refractivity contribution in [1.29, 1.82) is 0 Å². The zero-order valence-corrected chi connectivity index (χ0v) is 17.8. The van der Waals surface area contributed by atoms with Gasteiger partial charge in [-0.25, -0.2) is 22.7 Å². The van der Waals surface area contributed by atoms with Crippen molar-refractivity contribution >= 4 is 38.9 Å². The number of nitrogen functional groups attached to an aromatic ring is 1. The quantitative estimate of drug-likeness (QED) is 0.527. The summed E-state index contributed by atoms with van der Waals surface area (Å²) in [6, 6.07) is 8.74. The standard InChI is InChI=1S/C20H24N6O3S/c1-13(23-20(27)19-24-15-9-4-5-10-16(15)25-19)7-6-8-14-11-17(18(21)22-12-14)30(28,29)26(2)3/h4-6,8-13H,7H2,1-3H3,(H2,21,22)(H,23,27)(H,24,25)/b8-6+/t13-/m0/s1. The van der Waals surface area contributed by atoms with E-state index in [2.05, 4.69) is 20.3 Å². The number of aromatic amines is 1. The summed E-state index contributed by atoms with van der Waals surface area (Å²) in [7, 11) is -0.816. The van der Waals surface area contributed by atoms with Gasteiger partial charge in [0.25, 0.3) is 5.91 Å². The number of carbonyl (C=O) groups excluding carboxylic acids is 1. The Morgan fingerprint density at radius 2 is 2.07 bits per heavy atom. The average molecular weight is 429 g/mol. The molecule has 0 aliphatic rings. The van der Waals surface area contributed by atoms with Crippen molar-refractivity contribution in [2.75, 3.05) is 19.8 Å². The number of imidazole rings is 1. The summed E-state index contributed by atoms with van der Waals surface area (Å²) in [6.45, 7) is 1.87. The molecule has 30 heavy (non-hydrogen) atoms. The van der Waals surface area contributed by atoms with Crippen molar-refractivity contribution < 1.29 is 13.2 Å². The van der Waals surface area contributed by atoms with Crippen LogP contribution in [-0.4, -0.2) is 53.7 Å². The molecule has 2 aromatic heterocycles. The molecule has 0 fully saturated rings. The number of fused-ring (bicyclic) bond motifs is 1. The fourth-order valence-electron chi connectivity index (χ4n) is 2.78. The summed E-state index contributed by atoms with van der Waals surface area (Å²) < 4.78 is 25.8. The lowest BCUT2D eigenvalue weighted by atomic mass is 10.2. The molecule has 1 aromatic carbocycles. The number of hydrogen-bond donors (Lipinski definition) is 3. The molecular weight excluding hydrogens is 404 g/mol. The Bertz CT molecular complexity index is 1170. The van der Waals surface area contributed by atoms with Crippen LogP contribution < -0.4 is 11.1 Å². The number of carbonyl (C=O) groups is 1. The second kappa shape index (κ2) is 8.64. The number of amides is 1. The SMILES string of the molecule is C[C@@H](C/C=C/c1cnc(N)c(S(=O)(=O)N(C)C)c1)NC(=O)c1nc2ccccc2[nH]1. The first-order valence-corrected chi connectivity index (χ1v) is 10.7. The van der Waals surface area contributed by atoms with Crippen LogP contribution in [0.2, 0.25) is 0 Å². The van der Waals surface area contributed by atoms with Crippen LogP contribution in [0.3, 0.4) is 0 Å². The number of para-hydroxylation sites is 2. The predicted molar refractivity (Wildman–Crippen MR) is 116 cm³/mol. The van der Waals surface area contributed by atoms with E-state index < -0.39 is 10.0 Å². The van der Waals surface area contributed by atoms with Crippen LogP contribution in [-0.2, 0) is 10.0 Å². The van der Waals surface area contributed by atoms with Crippen LogP contribution in [0.25, 0.3) is 17.1 Å².